The van der Waals surface area contributed by atoms with Gasteiger partial charge in [0.2, 0.25) is 6.79 Å². The number of fused-ring (bicyclic) bond motifs is 1. The second-order valence-electron chi connectivity index (χ2n) is 6.85. The summed E-state index contributed by atoms with van der Waals surface area (Å²) in [5.74, 6) is 1.61. The fraction of sp³-hybridized carbons (Fsp3) is 0.429. The van der Waals surface area contributed by atoms with Crippen molar-refractivity contribution in [3.8, 4) is 11.5 Å². The van der Waals surface area contributed by atoms with Gasteiger partial charge in [0.15, 0.2) is 11.5 Å². The van der Waals surface area contributed by atoms with Gasteiger partial charge in [0, 0.05) is 19.6 Å². The Bertz CT molecular complexity index is 729. The molecular weight excluding hydrogens is 314 g/mol. The van der Waals surface area contributed by atoms with Crippen LogP contribution in [-0.2, 0) is 13.1 Å². The molecule has 0 aromatic heterocycles. The standard InChI is InChI=1S/C21H27NO3/c1-4-19(23)13-22(12-18-9-15(2)5-6-16(18)3)11-17-7-8-20-21(10-17)25-14-24-20/h5-10,19,23H,4,11-14H2,1-3H3/t19-/m0/s1. The first-order valence-electron chi connectivity index (χ1n) is 8.90. The number of hydrogen-bond acceptors (Lipinski definition) is 4. The molecule has 2 aromatic rings. The van der Waals surface area contributed by atoms with Gasteiger partial charge in [0.1, 0.15) is 0 Å². The van der Waals surface area contributed by atoms with E-state index < -0.39 is 0 Å². The lowest BCUT2D eigenvalue weighted by atomic mass is 10.0. The van der Waals surface area contributed by atoms with E-state index in [2.05, 4.69) is 43.0 Å². The van der Waals surface area contributed by atoms with Crippen molar-refractivity contribution in [1.29, 1.82) is 0 Å². The highest BCUT2D eigenvalue weighted by Gasteiger charge is 2.17. The highest BCUT2D eigenvalue weighted by molar-refractivity contribution is 5.44. The minimum absolute atomic E-state index is 0.291. The highest BCUT2D eigenvalue weighted by Crippen LogP contribution is 2.33. The highest BCUT2D eigenvalue weighted by atomic mass is 16.7. The Morgan fingerprint density at radius 1 is 1.04 bits per heavy atom. The first kappa shape index (κ1) is 17.8. The summed E-state index contributed by atoms with van der Waals surface area (Å²) in [6, 6.07) is 12.6. The van der Waals surface area contributed by atoms with E-state index in [4.69, 9.17) is 9.47 Å². The molecule has 4 heteroatoms. The predicted molar refractivity (Wildman–Crippen MR) is 98.9 cm³/mol. The van der Waals surface area contributed by atoms with E-state index >= 15 is 0 Å². The maximum atomic E-state index is 10.2. The first-order chi connectivity index (χ1) is 12.0. The summed E-state index contributed by atoms with van der Waals surface area (Å²) in [6.45, 7) is 8.80. The van der Waals surface area contributed by atoms with Crippen molar-refractivity contribution in [2.45, 2.75) is 46.4 Å². The van der Waals surface area contributed by atoms with Gasteiger partial charge >= 0.3 is 0 Å². The third-order valence-electron chi connectivity index (χ3n) is 4.68. The van der Waals surface area contributed by atoms with E-state index in [0.29, 0.717) is 13.3 Å². The molecule has 1 aliphatic heterocycles. The average Bonchev–Trinajstić information content (AvgIpc) is 3.05. The molecule has 0 saturated heterocycles. The van der Waals surface area contributed by atoms with Crippen LogP contribution in [0.4, 0.5) is 0 Å². The van der Waals surface area contributed by atoms with Crippen LogP contribution < -0.4 is 9.47 Å². The van der Waals surface area contributed by atoms with Gasteiger partial charge in [0.05, 0.1) is 6.10 Å². The molecule has 0 fully saturated rings. The van der Waals surface area contributed by atoms with Gasteiger partial charge < -0.3 is 14.6 Å². The molecule has 0 radical (unpaired) electrons. The number of hydrogen-bond donors (Lipinski definition) is 1. The van der Waals surface area contributed by atoms with Crippen LogP contribution in [0.25, 0.3) is 0 Å². The van der Waals surface area contributed by atoms with E-state index in [0.717, 1.165) is 36.6 Å². The molecule has 134 valence electrons. The summed E-state index contributed by atoms with van der Waals surface area (Å²) in [5.41, 5.74) is 5.02. The van der Waals surface area contributed by atoms with Crippen molar-refractivity contribution in [3.63, 3.8) is 0 Å². The Labute approximate surface area is 150 Å². The molecule has 4 nitrogen and oxygen atoms in total. The van der Waals surface area contributed by atoms with Crippen molar-refractivity contribution >= 4 is 0 Å². The molecule has 1 N–H and O–H groups in total. The molecule has 0 amide bonds. The number of nitrogens with zero attached hydrogens (tertiary/aromatic N) is 1. The minimum atomic E-state index is -0.320. The lowest BCUT2D eigenvalue weighted by Crippen LogP contribution is -2.31. The van der Waals surface area contributed by atoms with E-state index in [-0.39, 0.29) is 6.10 Å². The number of ether oxygens (including phenoxy) is 2. The largest absolute Gasteiger partial charge is 0.454 e. The summed E-state index contributed by atoms with van der Waals surface area (Å²) in [4.78, 5) is 2.30. The second-order valence-corrected chi connectivity index (χ2v) is 6.85. The minimum Gasteiger partial charge on any atom is -0.454 e. The molecule has 2 aromatic carbocycles. The van der Waals surface area contributed by atoms with Gasteiger partial charge in [-0.2, -0.15) is 0 Å². The van der Waals surface area contributed by atoms with Crippen LogP contribution in [0.2, 0.25) is 0 Å². The zero-order valence-corrected chi connectivity index (χ0v) is 15.3. The lowest BCUT2D eigenvalue weighted by Gasteiger charge is -2.26. The van der Waals surface area contributed by atoms with Crippen LogP contribution in [0.5, 0.6) is 11.5 Å². The molecule has 0 aliphatic carbocycles. The molecule has 0 saturated carbocycles. The van der Waals surface area contributed by atoms with Crippen molar-refractivity contribution in [2.24, 2.45) is 0 Å². The van der Waals surface area contributed by atoms with Crippen molar-refractivity contribution in [1.82, 2.24) is 4.90 Å². The summed E-state index contributed by atoms with van der Waals surface area (Å²) >= 11 is 0. The molecule has 1 aliphatic rings. The summed E-state index contributed by atoms with van der Waals surface area (Å²) < 4.78 is 10.9. The third kappa shape index (κ3) is 4.53. The molecule has 0 unspecified atom stereocenters. The monoisotopic (exact) mass is 341 g/mol. The number of aliphatic hydroxyl groups excluding tert-OH is 1. The van der Waals surface area contributed by atoms with Gasteiger partial charge in [-0.15, -0.1) is 0 Å². The number of aryl methyl sites for hydroxylation is 2. The van der Waals surface area contributed by atoms with Crippen LogP contribution in [-0.4, -0.2) is 29.4 Å². The Balaban J connectivity index is 1.78. The van der Waals surface area contributed by atoms with E-state index in [1.54, 1.807) is 0 Å². The first-order valence-corrected chi connectivity index (χ1v) is 8.90. The van der Waals surface area contributed by atoms with Gasteiger partial charge in [0.25, 0.3) is 0 Å². The lowest BCUT2D eigenvalue weighted by molar-refractivity contribution is 0.101. The molecule has 3 rings (SSSR count). The maximum Gasteiger partial charge on any atom is 0.231 e. The predicted octanol–water partition coefficient (Wildman–Crippen LogP) is 3.81. The van der Waals surface area contributed by atoms with Crippen molar-refractivity contribution in [2.75, 3.05) is 13.3 Å². The summed E-state index contributed by atoms with van der Waals surface area (Å²) in [5, 5.41) is 10.2. The molecule has 0 bridgehead atoms. The normalized spacial score (nSPS) is 14.1. The summed E-state index contributed by atoms with van der Waals surface area (Å²) in [6.07, 6.45) is 0.434. The van der Waals surface area contributed by atoms with E-state index in [1.165, 1.54) is 16.7 Å². The molecule has 25 heavy (non-hydrogen) atoms. The Morgan fingerprint density at radius 2 is 1.84 bits per heavy atom. The third-order valence-corrected chi connectivity index (χ3v) is 4.68. The van der Waals surface area contributed by atoms with E-state index in [9.17, 15) is 5.11 Å². The van der Waals surface area contributed by atoms with Crippen LogP contribution in [0.3, 0.4) is 0 Å². The van der Waals surface area contributed by atoms with Gasteiger partial charge in [-0.25, -0.2) is 0 Å². The fourth-order valence-electron chi connectivity index (χ4n) is 3.12. The van der Waals surface area contributed by atoms with Crippen molar-refractivity contribution < 1.29 is 14.6 Å². The molecular formula is C21H27NO3. The second kappa shape index (κ2) is 7.89. The maximum absolute atomic E-state index is 10.2. The molecule has 1 atom stereocenters. The number of benzene rings is 2. The quantitative estimate of drug-likeness (QED) is 0.832. The smallest absolute Gasteiger partial charge is 0.231 e. The Hall–Kier alpha value is -2.04. The van der Waals surface area contributed by atoms with Gasteiger partial charge in [-0.1, -0.05) is 36.8 Å². The number of aliphatic hydroxyl groups is 1. The zero-order valence-electron chi connectivity index (χ0n) is 15.3. The van der Waals surface area contributed by atoms with Crippen molar-refractivity contribution in [3.05, 3.63) is 58.7 Å². The zero-order chi connectivity index (χ0) is 17.8. The van der Waals surface area contributed by atoms with Gasteiger partial charge in [-0.3, -0.25) is 4.90 Å². The van der Waals surface area contributed by atoms with Gasteiger partial charge in [-0.05, 0) is 49.1 Å². The summed E-state index contributed by atoms with van der Waals surface area (Å²) in [7, 11) is 0. The molecule has 0 spiro atoms. The fourth-order valence-corrected chi connectivity index (χ4v) is 3.12. The van der Waals surface area contributed by atoms with Crippen LogP contribution >= 0.6 is 0 Å². The Kier molecular flexibility index (Phi) is 5.61. The van der Waals surface area contributed by atoms with Crippen LogP contribution in [0.1, 0.15) is 35.6 Å². The topological polar surface area (TPSA) is 41.9 Å². The molecule has 1 heterocycles. The van der Waals surface area contributed by atoms with E-state index in [1.807, 2.05) is 19.1 Å². The van der Waals surface area contributed by atoms with Crippen LogP contribution in [0.15, 0.2) is 36.4 Å². The average molecular weight is 341 g/mol. The number of rotatable bonds is 7. The SMILES string of the molecule is CC[C@H](O)CN(Cc1ccc2c(c1)OCO2)Cc1cc(C)ccc1C. The Morgan fingerprint density at radius 3 is 2.64 bits per heavy atom. The van der Waals surface area contributed by atoms with Crippen LogP contribution in [0, 0.1) is 13.8 Å².